The quantitative estimate of drug-likeness (QED) is 0.251. The number of benzene rings is 3. The van der Waals surface area contributed by atoms with Gasteiger partial charge in [0.1, 0.15) is 12.4 Å². The van der Waals surface area contributed by atoms with Crippen LogP contribution in [-0.2, 0) is 17.9 Å². The summed E-state index contributed by atoms with van der Waals surface area (Å²) in [7, 11) is 0. The Kier molecular flexibility index (Phi) is 8.85. The van der Waals surface area contributed by atoms with Crippen molar-refractivity contribution in [2.75, 3.05) is 18.0 Å². The predicted octanol–water partition coefficient (Wildman–Crippen LogP) is 7.96. The van der Waals surface area contributed by atoms with Crippen molar-refractivity contribution in [1.29, 1.82) is 0 Å². The summed E-state index contributed by atoms with van der Waals surface area (Å²) >= 11 is 13.3. The van der Waals surface area contributed by atoms with Crippen LogP contribution in [0.4, 0.5) is 10.5 Å². The lowest BCUT2D eigenvalue weighted by Crippen LogP contribution is -2.27. The fourth-order valence-corrected chi connectivity index (χ4v) is 5.41. The monoisotopic (exact) mass is 554 g/mol. The van der Waals surface area contributed by atoms with Crippen LogP contribution in [0.25, 0.3) is 6.08 Å². The van der Waals surface area contributed by atoms with E-state index in [1.807, 2.05) is 55.5 Å². The molecule has 1 fully saturated rings. The molecule has 192 valence electrons. The molecule has 5 nitrogen and oxygen atoms in total. The molecule has 2 amide bonds. The lowest BCUT2D eigenvalue weighted by molar-refractivity contribution is -0.123. The number of imide groups is 1. The fourth-order valence-electron chi connectivity index (χ4n) is 4.12. The van der Waals surface area contributed by atoms with E-state index in [9.17, 15) is 9.59 Å². The molecule has 3 aromatic rings. The van der Waals surface area contributed by atoms with Crippen LogP contribution < -0.4 is 9.64 Å². The van der Waals surface area contributed by atoms with Gasteiger partial charge in [0.25, 0.3) is 11.1 Å². The molecule has 0 bridgehead atoms. The van der Waals surface area contributed by atoms with Crippen molar-refractivity contribution in [3.05, 3.63) is 97.9 Å². The summed E-state index contributed by atoms with van der Waals surface area (Å²) < 4.78 is 6.21. The molecular weight excluding hydrogens is 527 g/mol. The van der Waals surface area contributed by atoms with Crippen molar-refractivity contribution in [3.63, 3.8) is 0 Å². The van der Waals surface area contributed by atoms with E-state index in [0.29, 0.717) is 26.3 Å². The van der Waals surface area contributed by atoms with Gasteiger partial charge in [0, 0.05) is 46.0 Å². The summed E-state index contributed by atoms with van der Waals surface area (Å²) in [5.41, 5.74) is 4.50. The van der Waals surface area contributed by atoms with Gasteiger partial charge < -0.3 is 9.64 Å². The van der Waals surface area contributed by atoms with Crippen LogP contribution >= 0.6 is 35.0 Å². The summed E-state index contributed by atoms with van der Waals surface area (Å²) in [6, 6.07) is 19.0. The molecule has 0 unspecified atom stereocenters. The number of thioether (sulfide) groups is 1. The number of amides is 2. The smallest absolute Gasteiger partial charge is 0.293 e. The number of ether oxygens (including phenoxy) is 1. The Morgan fingerprint density at radius 3 is 2.49 bits per heavy atom. The highest BCUT2D eigenvalue weighted by molar-refractivity contribution is 8.18. The Balaban J connectivity index is 1.63. The number of rotatable bonds is 9. The van der Waals surface area contributed by atoms with Gasteiger partial charge in [-0.2, -0.15) is 0 Å². The minimum atomic E-state index is -0.309. The first-order valence-electron chi connectivity index (χ1n) is 12.1. The number of carbonyl (C=O) groups excluding carboxylic acids is 2. The first kappa shape index (κ1) is 27.1. The highest BCUT2D eigenvalue weighted by Crippen LogP contribution is 2.36. The second kappa shape index (κ2) is 12.1. The van der Waals surface area contributed by atoms with E-state index < -0.39 is 0 Å². The predicted molar refractivity (Wildman–Crippen MR) is 153 cm³/mol. The molecule has 0 radical (unpaired) electrons. The first-order valence-corrected chi connectivity index (χ1v) is 13.6. The van der Waals surface area contributed by atoms with Gasteiger partial charge in [-0.3, -0.25) is 14.5 Å². The third kappa shape index (κ3) is 6.50. The Morgan fingerprint density at radius 2 is 1.78 bits per heavy atom. The van der Waals surface area contributed by atoms with E-state index in [1.54, 1.807) is 18.2 Å². The summed E-state index contributed by atoms with van der Waals surface area (Å²) in [5.74, 6) is 0.289. The van der Waals surface area contributed by atoms with Crippen LogP contribution in [0.5, 0.6) is 5.75 Å². The van der Waals surface area contributed by atoms with Crippen molar-refractivity contribution >= 4 is 57.9 Å². The largest absolute Gasteiger partial charge is 0.488 e. The first-order chi connectivity index (χ1) is 17.8. The maximum atomic E-state index is 13.2. The second-order valence-electron chi connectivity index (χ2n) is 8.68. The minimum Gasteiger partial charge on any atom is -0.488 e. The van der Waals surface area contributed by atoms with Gasteiger partial charge >= 0.3 is 0 Å². The zero-order chi connectivity index (χ0) is 26.5. The van der Waals surface area contributed by atoms with Crippen molar-refractivity contribution in [3.8, 4) is 5.75 Å². The maximum Gasteiger partial charge on any atom is 0.293 e. The van der Waals surface area contributed by atoms with E-state index in [0.717, 1.165) is 47.2 Å². The molecular formula is C29H28Cl2N2O3S. The van der Waals surface area contributed by atoms with Crippen LogP contribution in [0.3, 0.4) is 0 Å². The number of aryl methyl sites for hydroxylation is 1. The number of halogens is 2. The molecule has 3 aromatic carbocycles. The van der Waals surface area contributed by atoms with Crippen LogP contribution in [0.1, 0.15) is 36.1 Å². The van der Waals surface area contributed by atoms with Gasteiger partial charge in [0.05, 0.1) is 11.4 Å². The second-order valence-corrected chi connectivity index (χ2v) is 10.5. The van der Waals surface area contributed by atoms with Crippen LogP contribution in [0.15, 0.2) is 65.6 Å². The highest BCUT2D eigenvalue weighted by Gasteiger charge is 2.35. The van der Waals surface area contributed by atoms with E-state index >= 15 is 0 Å². The van der Waals surface area contributed by atoms with Gasteiger partial charge in [-0.15, -0.1) is 0 Å². The normalized spacial score (nSPS) is 14.5. The van der Waals surface area contributed by atoms with Gasteiger partial charge in [0.15, 0.2) is 0 Å². The van der Waals surface area contributed by atoms with Gasteiger partial charge in [-0.25, -0.2) is 0 Å². The van der Waals surface area contributed by atoms with Crippen molar-refractivity contribution in [2.24, 2.45) is 0 Å². The summed E-state index contributed by atoms with van der Waals surface area (Å²) in [6.45, 7) is 8.33. The van der Waals surface area contributed by atoms with E-state index in [1.165, 1.54) is 4.90 Å². The molecule has 1 aliphatic rings. The standard InChI is InChI=1S/C29H28Cl2N2O3S/c1-4-32(5-2)24-12-10-21(26(16-24)36-18-22-9-11-23(30)15-25(22)31)14-27-28(34)33(29(35)37-27)17-20-8-6-7-19(3)13-20/h6-16H,4-5,17-18H2,1-3H3/b27-14-. The third-order valence-electron chi connectivity index (χ3n) is 6.11. The summed E-state index contributed by atoms with van der Waals surface area (Å²) in [6.07, 6.45) is 1.73. The maximum absolute atomic E-state index is 13.2. The van der Waals surface area contributed by atoms with Gasteiger partial charge in [-0.1, -0.05) is 59.1 Å². The summed E-state index contributed by atoms with van der Waals surface area (Å²) in [5, 5.41) is 0.790. The lowest BCUT2D eigenvalue weighted by Gasteiger charge is -2.22. The Bertz CT molecular complexity index is 1350. The zero-order valence-corrected chi connectivity index (χ0v) is 23.3. The van der Waals surface area contributed by atoms with Crippen molar-refractivity contribution in [1.82, 2.24) is 4.90 Å². The van der Waals surface area contributed by atoms with E-state index in [2.05, 4.69) is 18.7 Å². The zero-order valence-electron chi connectivity index (χ0n) is 21.0. The lowest BCUT2D eigenvalue weighted by atomic mass is 10.1. The van der Waals surface area contributed by atoms with Gasteiger partial charge in [-0.05, 0) is 68.4 Å². The molecule has 8 heteroatoms. The van der Waals surface area contributed by atoms with Crippen LogP contribution in [0, 0.1) is 6.92 Å². The average molecular weight is 556 g/mol. The Labute approximate surface area is 232 Å². The number of hydrogen-bond acceptors (Lipinski definition) is 5. The molecule has 0 spiro atoms. The molecule has 0 aromatic heterocycles. The van der Waals surface area contributed by atoms with Crippen molar-refractivity contribution < 1.29 is 14.3 Å². The molecule has 1 heterocycles. The molecule has 1 saturated heterocycles. The summed E-state index contributed by atoms with van der Waals surface area (Å²) in [4.78, 5) is 29.8. The van der Waals surface area contributed by atoms with Crippen molar-refractivity contribution in [2.45, 2.75) is 33.9 Å². The molecule has 1 aliphatic heterocycles. The topological polar surface area (TPSA) is 49.9 Å². The minimum absolute atomic E-state index is 0.230. The van der Waals surface area contributed by atoms with Gasteiger partial charge in [0.2, 0.25) is 0 Å². The Morgan fingerprint density at radius 1 is 1.00 bits per heavy atom. The average Bonchev–Trinajstić information content (AvgIpc) is 3.12. The molecule has 0 atom stereocenters. The number of anilines is 1. The third-order valence-corrected chi connectivity index (χ3v) is 7.60. The van der Waals surface area contributed by atoms with E-state index in [-0.39, 0.29) is 24.3 Å². The number of carbonyl (C=O) groups is 2. The molecule has 37 heavy (non-hydrogen) atoms. The Hall–Kier alpha value is -2.93. The van der Waals surface area contributed by atoms with Crippen LogP contribution in [-0.4, -0.2) is 29.1 Å². The van der Waals surface area contributed by atoms with Crippen LogP contribution in [0.2, 0.25) is 10.0 Å². The molecule has 0 N–H and O–H groups in total. The fraction of sp³-hybridized carbons (Fsp3) is 0.241. The highest BCUT2D eigenvalue weighted by atomic mass is 35.5. The van der Waals surface area contributed by atoms with E-state index in [4.69, 9.17) is 27.9 Å². The molecule has 0 saturated carbocycles. The number of hydrogen-bond donors (Lipinski definition) is 0. The molecule has 0 aliphatic carbocycles. The SMILES string of the molecule is CCN(CC)c1ccc(/C=C2\SC(=O)N(Cc3cccc(C)c3)C2=O)c(OCc2ccc(Cl)cc2Cl)c1. The molecule has 4 rings (SSSR count). The number of nitrogens with zero attached hydrogens (tertiary/aromatic N) is 2.